The highest BCUT2D eigenvalue weighted by molar-refractivity contribution is 7.15. The average molecular weight is 563 g/mol. The maximum absolute atomic E-state index is 13.4. The predicted molar refractivity (Wildman–Crippen MR) is 136 cm³/mol. The normalized spacial score (nSPS) is 18.3. The van der Waals surface area contributed by atoms with Crippen LogP contribution < -0.4 is 20.3 Å². The molecule has 1 unspecified atom stereocenters. The molecule has 39 heavy (non-hydrogen) atoms. The van der Waals surface area contributed by atoms with E-state index >= 15 is 0 Å². The van der Waals surface area contributed by atoms with Crippen molar-refractivity contribution in [3.63, 3.8) is 0 Å². The van der Waals surface area contributed by atoms with Crippen LogP contribution in [0, 0.1) is 6.92 Å². The number of aromatic nitrogens is 3. The predicted octanol–water partition coefficient (Wildman–Crippen LogP) is 3.13. The molecule has 2 amide bonds. The van der Waals surface area contributed by atoms with Gasteiger partial charge < -0.3 is 25.0 Å². The van der Waals surface area contributed by atoms with E-state index in [4.69, 9.17) is 9.47 Å². The molecule has 10 nitrogen and oxygen atoms in total. The lowest BCUT2D eigenvalue weighted by Crippen LogP contribution is -2.49. The molecule has 1 fully saturated rings. The zero-order chi connectivity index (χ0) is 27.7. The van der Waals surface area contributed by atoms with Crippen LogP contribution in [-0.4, -0.2) is 65.7 Å². The molecule has 2 aliphatic heterocycles. The summed E-state index contributed by atoms with van der Waals surface area (Å²) < 4.78 is 50.1. The third-order valence-corrected chi connectivity index (χ3v) is 7.22. The summed E-state index contributed by atoms with van der Waals surface area (Å²) in [5.41, 5.74) is 1.50. The molecule has 0 saturated carbocycles. The summed E-state index contributed by atoms with van der Waals surface area (Å²) in [5.74, 6) is -1.60. The smallest absolute Gasteiger partial charge is 0.451 e. The molecule has 1 aromatic carbocycles. The first kappa shape index (κ1) is 27.0. The van der Waals surface area contributed by atoms with Crippen molar-refractivity contribution in [2.24, 2.45) is 0 Å². The SMILES string of the molecule is Cc1cnc(-c2cc(C(=O)N[C@H](C)c3cnc(C(F)(F)F)nc3)cc3c2OCC(=O)N3CC2CNCCO2)s1. The zero-order valence-electron chi connectivity index (χ0n) is 21.0. The van der Waals surface area contributed by atoms with Gasteiger partial charge in [0.2, 0.25) is 5.82 Å². The van der Waals surface area contributed by atoms with Gasteiger partial charge in [0.05, 0.1) is 36.5 Å². The Labute approximate surface area is 225 Å². The Hall–Kier alpha value is -3.62. The van der Waals surface area contributed by atoms with Gasteiger partial charge in [0.25, 0.3) is 11.8 Å². The lowest BCUT2D eigenvalue weighted by Gasteiger charge is -2.34. The van der Waals surface area contributed by atoms with Crippen LogP contribution in [0.25, 0.3) is 10.6 Å². The zero-order valence-corrected chi connectivity index (χ0v) is 21.9. The number of nitrogens with one attached hydrogen (secondary N) is 2. The van der Waals surface area contributed by atoms with E-state index < -0.39 is 23.9 Å². The molecule has 2 aromatic heterocycles. The minimum absolute atomic E-state index is 0.166. The first-order valence-corrected chi connectivity index (χ1v) is 13.0. The number of nitrogens with zero attached hydrogens (tertiary/aromatic N) is 4. The minimum Gasteiger partial charge on any atom is -0.481 e. The van der Waals surface area contributed by atoms with Crippen LogP contribution in [0.1, 0.15) is 39.6 Å². The van der Waals surface area contributed by atoms with Crippen LogP contribution in [0.5, 0.6) is 5.75 Å². The summed E-state index contributed by atoms with van der Waals surface area (Å²) in [6, 6.07) is 2.50. The van der Waals surface area contributed by atoms with Crippen LogP contribution in [0.4, 0.5) is 18.9 Å². The van der Waals surface area contributed by atoms with Gasteiger partial charge in [-0.15, -0.1) is 11.3 Å². The van der Waals surface area contributed by atoms with Gasteiger partial charge in [-0.05, 0) is 26.0 Å². The topological polar surface area (TPSA) is 119 Å². The van der Waals surface area contributed by atoms with Crippen LogP contribution in [0.3, 0.4) is 0 Å². The highest BCUT2D eigenvalue weighted by Crippen LogP contribution is 2.43. The van der Waals surface area contributed by atoms with Crippen LogP contribution in [0.15, 0.2) is 30.7 Å². The molecule has 2 N–H and O–H groups in total. The maximum atomic E-state index is 13.4. The summed E-state index contributed by atoms with van der Waals surface area (Å²) in [7, 11) is 0. The Morgan fingerprint density at radius 1 is 1.26 bits per heavy atom. The third kappa shape index (κ3) is 5.87. The number of aryl methyl sites for hydroxylation is 1. The van der Waals surface area contributed by atoms with Gasteiger partial charge in [0, 0.05) is 47.7 Å². The fraction of sp³-hybridized carbons (Fsp3) is 0.400. The first-order chi connectivity index (χ1) is 18.6. The van der Waals surface area contributed by atoms with E-state index in [1.54, 1.807) is 30.2 Å². The van der Waals surface area contributed by atoms with Gasteiger partial charge in [0.15, 0.2) is 12.4 Å². The number of halogens is 3. The maximum Gasteiger partial charge on any atom is 0.451 e. The second-order valence-corrected chi connectivity index (χ2v) is 10.4. The summed E-state index contributed by atoms with van der Waals surface area (Å²) in [6.45, 7) is 5.44. The number of morpholine rings is 1. The Bertz CT molecular complexity index is 1380. The number of hydrogen-bond acceptors (Lipinski definition) is 9. The standard InChI is InChI=1S/C25H25F3N6O4S/c1-13-7-30-23(39-13)18-5-15(22(36)33-14(2)16-8-31-24(32-9-16)25(26,27)28)6-19-21(18)38-12-20(35)34(19)11-17-10-29-3-4-37-17/h5-9,14,17,29H,3-4,10-12H2,1-2H3,(H,33,36)/t14-,17?/m1/s1. The van der Waals surface area contributed by atoms with E-state index in [1.807, 2.05) is 6.92 Å². The number of ether oxygens (including phenoxy) is 2. The van der Waals surface area contributed by atoms with Crippen molar-refractivity contribution in [1.29, 1.82) is 0 Å². The van der Waals surface area contributed by atoms with Crippen molar-refractivity contribution in [3.05, 3.63) is 52.6 Å². The number of amides is 2. The molecule has 2 aliphatic rings. The molecule has 0 radical (unpaired) electrons. The first-order valence-electron chi connectivity index (χ1n) is 12.2. The van der Waals surface area contributed by atoms with Gasteiger partial charge in [-0.3, -0.25) is 9.59 Å². The molecular formula is C25H25F3N6O4S. The van der Waals surface area contributed by atoms with E-state index in [9.17, 15) is 22.8 Å². The van der Waals surface area contributed by atoms with Gasteiger partial charge in [-0.25, -0.2) is 15.0 Å². The number of alkyl halides is 3. The largest absolute Gasteiger partial charge is 0.481 e. The second-order valence-electron chi connectivity index (χ2n) is 9.17. The highest BCUT2D eigenvalue weighted by atomic mass is 32.1. The second kappa shape index (κ2) is 10.9. The molecule has 0 spiro atoms. The van der Waals surface area contributed by atoms with Gasteiger partial charge in [0.1, 0.15) is 5.01 Å². The number of carbonyl (C=O) groups is 2. The fourth-order valence-corrected chi connectivity index (χ4v) is 5.07. The summed E-state index contributed by atoms with van der Waals surface area (Å²) in [6.07, 6.45) is -1.13. The molecule has 5 rings (SSSR count). The van der Waals surface area contributed by atoms with E-state index in [0.29, 0.717) is 40.7 Å². The van der Waals surface area contributed by atoms with Gasteiger partial charge >= 0.3 is 6.18 Å². The quantitative estimate of drug-likeness (QED) is 0.471. The van der Waals surface area contributed by atoms with Crippen molar-refractivity contribution < 1.29 is 32.2 Å². The van der Waals surface area contributed by atoms with E-state index in [-0.39, 0.29) is 30.7 Å². The molecule has 3 aromatic rings. The Morgan fingerprint density at radius 3 is 2.67 bits per heavy atom. The van der Waals surface area contributed by atoms with E-state index in [1.165, 1.54) is 11.3 Å². The van der Waals surface area contributed by atoms with Crippen molar-refractivity contribution in [1.82, 2.24) is 25.6 Å². The minimum atomic E-state index is -4.66. The monoisotopic (exact) mass is 562 g/mol. The third-order valence-electron chi connectivity index (χ3n) is 6.28. The van der Waals surface area contributed by atoms with Gasteiger partial charge in [-0.1, -0.05) is 0 Å². The fourth-order valence-electron chi connectivity index (χ4n) is 4.29. The molecule has 2 atom stereocenters. The van der Waals surface area contributed by atoms with Crippen LogP contribution in [-0.2, 0) is 15.7 Å². The number of carbonyl (C=O) groups excluding carboxylic acids is 2. The Balaban J connectivity index is 1.47. The summed E-state index contributed by atoms with van der Waals surface area (Å²) in [5, 5.41) is 6.63. The molecular weight excluding hydrogens is 537 g/mol. The number of rotatable bonds is 6. The van der Waals surface area contributed by atoms with Gasteiger partial charge in [-0.2, -0.15) is 13.2 Å². The van der Waals surface area contributed by atoms with Crippen molar-refractivity contribution in [3.8, 4) is 16.3 Å². The van der Waals surface area contributed by atoms with E-state index in [0.717, 1.165) is 23.8 Å². The van der Waals surface area contributed by atoms with Crippen molar-refractivity contribution >= 4 is 28.8 Å². The molecule has 14 heteroatoms. The Kier molecular flexibility index (Phi) is 7.51. The molecule has 0 bridgehead atoms. The molecule has 0 aliphatic carbocycles. The van der Waals surface area contributed by atoms with Crippen molar-refractivity contribution in [2.45, 2.75) is 32.2 Å². The number of fused-ring (bicyclic) bond motifs is 1. The van der Waals surface area contributed by atoms with Crippen LogP contribution in [0.2, 0.25) is 0 Å². The Morgan fingerprint density at radius 2 is 2.03 bits per heavy atom. The number of benzene rings is 1. The lowest BCUT2D eigenvalue weighted by molar-refractivity contribution is -0.145. The van der Waals surface area contributed by atoms with E-state index in [2.05, 4.69) is 25.6 Å². The average Bonchev–Trinajstić information content (AvgIpc) is 3.35. The lowest BCUT2D eigenvalue weighted by atomic mass is 10.0. The number of hydrogen-bond donors (Lipinski definition) is 2. The highest BCUT2D eigenvalue weighted by Gasteiger charge is 2.35. The van der Waals surface area contributed by atoms with Crippen molar-refractivity contribution in [2.75, 3.05) is 37.7 Å². The molecule has 206 valence electrons. The molecule has 1 saturated heterocycles. The van der Waals surface area contributed by atoms with Crippen LogP contribution >= 0.6 is 11.3 Å². The summed E-state index contributed by atoms with van der Waals surface area (Å²) in [4.78, 5) is 40.0. The number of anilines is 1. The summed E-state index contributed by atoms with van der Waals surface area (Å²) >= 11 is 1.42. The number of thiazole rings is 1. The molecule has 4 heterocycles.